The summed E-state index contributed by atoms with van der Waals surface area (Å²) in [5.74, 6) is 0.633. The van der Waals surface area contributed by atoms with E-state index in [9.17, 15) is 9.59 Å². The van der Waals surface area contributed by atoms with Gasteiger partial charge in [0.2, 0.25) is 5.91 Å². The van der Waals surface area contributed by atoms with Crippen LogP contribution in [0.5, 0.6) is 0 Å². The number of carbonyl (C=O) groups is 1. The molecular formula is C24H28N6O2S. The average molecular weight is 465 g/mol. The van der Waals surface area contributed by atoms with E-state index in [4.69, 9.17) is 0 Å². The number of aromatic nitrogens is 5. The van der Waals surface area contributed by atoms with E-state index < -0.39 is 5.25 Å². The molecule has 0 bridgehead atoms. The fourth-order valence-corrected chi connectivity index (χ4v) is 4.47. The molecule has 4 aromatic rings. The minimum absolute atomic E-state index is 0.0850. The van der Waals surface area contributed by atoms with Crippen molar-refractivity contribution in [3.63, 3.8) is 0 Å². The van der Waals surface area contributed by atoms with Gasteiger partial charge in [-0.1, -0.05) is 56.8 Å². The Labute approximate surface area is 196 Å². The number of anilines is 1. The summed E-state index contributed by atoms with van der Waals surface area (Å²) in [6, 6.07) is 13.6. The second kappa shape index (κ2) is 8.90. The van der Waals surface area contributed by atoms with Gasteiger partial charge < -0.3 is 19.9 Å². The summed E-state index contributed by atoms with van der Waals surface area (Å²) in [4.78, 5) is 29.6. The predicted octanol–water partition coefficient (Wildman–Crippen LogP) is 4.55. The molecule has 2 heterocycles. The molecule has 0 aliphatic heterocycles. The van der Waals surface area contributed by atoms with Gasteiger partial charge in [0, 0.05) is 17.8 Å². The molecule has 0 saturated heterocycles. The van der Waals surface area contributed by atoms with Crippen molar-refractivity contribution in [1.82, 2.24) is 24.7 Å². The lowest BCUT2D eigenvalue weighted by molar-refractivity contribution is -0.115. The highest BCUT2D eigenvalue weighted by molar-refractivity contribution is 8.00. The second-order valence-corrected chi connectivity index (χ2v) is 10.3. The molecule has 0 aliphatic rings. The lowest BCUT2D eigenvalue weighted by Crippen LogP contribution is -2.23. The minimum atomic E-state index is -0.392. The average Bonchev–Trinajstić information content (AvgIpc) is 3.34. The van der Waals surface area contributed by atoms with E-state index in [1.54, 1.807) is 18.2 Å². The summed E-state index contributed by atoms with van der Waals surface area (Å²) >= 11 is 1.37. The third kappa shape index (κ3) is 4.88. The first-order chi connectivity index (χ1) is 15.7. The molecule has 9 heteroatoms. The van der Waals surface area contributed by atoms with Crippen molar-refractivity contribution in [3.8, 4) is 11.4 Å². The lowest BCUT2D eigenvalue weighted by Gasteiger charge is -2.19. The van der Waals surface area contributed by atoms with Gasteiger partial charge in [-0.15, -0.1) is 10.2 Å². The molecular weight excluding hydrogens is 436 g/mol. The first-order valence-corrected chi connectivity index (χ1v) is 11.8. The maximum absolute atomic E-state index is 12.8. The SMILES string of the molecule is CCn1c(SC(C)C(=O)Nc2ccc3[nH]c(=O)[nH]c3c2)nnc1-c1ccc(C(C)(C)C)cc1. The number of benzene rings is 2. The van der Waals surface area contributed by atoms with Gasteiger partial charge in [-0.2, -0.15) is 0 Å². The van der Waals surface area contributed by atoms with Crippen LogP contribution in [0.3, 0.4) is 0 Å². The Kier molecular flexibility index (Phi) is 6.16. The lowest BCUT2D eigenvalue weighted by atomic mass is 9.87. The Morgan fingerprint density at radius 3 is 2.45 bits per heavy atom. The number of nitrogens with one attached hydrogen (secondary N) is 3. The van der Waals surface area contributed by atoms with Gasteiger partial charge in [0.05, 0.1) is 16.3 Å². The van der Waals surface area contributed by atoms with Crippen molar-refractivity contribution in [3.05, 3.63) is 58.5 Å². The number of carbonyl (C=O) groups excluding carboxylic acids is 1. The molecule has 0 fully saturated rings. The summed E-state index contributed by atoms with van der Waals surface area (Å²) in [6.45, 7) is 11.1. The van der Waals surface area contributed by atoms with Crippen molar-refractivity contribution < 1.29 is 4.79 Å². The number of thioether (sulfide) groups is 1. The molecule has 172 valence electrons. The molecule has 0 spiro atoms. The van der Waals surface area contributed by atoms with Gasteiger partial charge in [-0.25, -0.2) is 4.79 Å². The highest BCUT2D eigenvalue weighted by atomic mass is 32.2. The van der Waals surface area contributed by atoms with E-state index in [1.165, 1.54) is 17.3 Å². The number of H-pyrrole nitrogens is 2. The number of fused-ring (bicyclic) bond motifs is 1. The maximum Gasteiger partial charge on any atom is 0.323 e. The van der Waals surface area contributed by atoms with E-state index in [0.717, 1.165) is 11.4 Å². The van der Waals surface area contributed by atoms with Gasteiger partial charge in [-0.3, -0.25) is 4.79 Å². The van der Waals surface area contributed by atoms with Gasteiger partial charge in [0.25, 0.3) is 0 Å². The molecule has 0 saturated carbocycles. The molecule has 2 aromatic heterocycles. The van der Waals surface area contributed by atoms with Gasteiger partial charge >= 0.3 is 5.69 Å². The quantitative estimate of drug-likeness (QED) is 0.363. The minimum Gasteiger partial charge on any atom is -0.325 e. The summed E-state index contributed by atoms with van der Waals surface area (Å²) in [5, 5.41) is 12.0. The third-order valence-electron chi connectivity index (χ3n) is 5.48. The van der Waals surface area contributed by atoms with E-state index in [-0.39, 0.29) is 17.0 Å². The Hall–Kier alpha value is -3.33. The fraction of sp³-hybridized carbons (Fsp3) is 0.333. The number of hydrogen-bond donors (Lipinski definition) is 3. The van der Waals surface area contributed by atoms with Gasteiger partial charge in [0.1, 0.15) is 0 Å². The van der Waals surface area contributed by atoms with Gasteiger partial charge in [-0.05, 0) is 43.0 Å². The molecule has 33 heavy (non-hydrogen) atoms. The molecule has 1 atom stereocenters. The number of nitrogens with zero attached hydrogens (tertiary/aromatic N) is 3. The molecule has 0 radical (unpaired) electrons. The standard InChI is InChI=1S/C24H28N6O2S/c1-6-30-20(15-7-9-16(10-8-15)24(3,4)5)28-29-23(30)33-14(2)21(31)25-17-11-12-18-19(13-17)27-22(32)26-18/h7-14H,6H2,1-5H3,(H,25,31)(H2,26,27,32). The highest BCUT2D eigenvalue weighted by Crippen LogP contribution is 2.29. The van der Waals surface area contributed by atoms with Crippen molar-refractivity contribution in [1.29, 1.82) is 0 Å². The first-order valence-electron chi connectivity index (χ1n) is 10.9. The smallest absolute Gasteiger partial charge is 0.323 e. The van der Waals surface area contributed by atoms with Crippen LogP contribution in [0.25, 0.3) is 22.4 Å². The third-order valence-corrected chi connectivity index (χ3v) is 6.56. The van der Waals surface area contributed by atoms with Crippen LogP contribution >= 0.6 is 11.8 Å². The Balaban J connectivity index is 1.49. The summed E-state index contributed by atoms with van der Waals surface area (Å²) in [7, 11) is 0. The van der Waals surface area contributed by atoms with Crippen LogP contribution in [-0.2, 0) is 16.8 Å². The van der Waals surface area contributed by atoms with Crippen LogP contribution in [0.15, 0.2) is 52.4 Å². The number of imidazole rings is 1. The monoisotopic (exact) mass is 464 g/mol. The summed E-state index contributed by atoms with van der Waals surface area (Å²) in [5.41, 5.74) is 4.02. The van der Waals surface area contributed by atoms with Crippen LogP contribution in [-0.4, -0.2) is 35.9 Å². The summed E-state index contributed by atoms with van der Waals surface area (Å²) < 4.78 is 2.02. The molecule has 1 amide bonds. The second-order valence-electron chi connectivity index (χ2n) is 8.97. The number of rotatable bonds is 6. The molecule has 3 N–H and O–H groups in total. The van der Waals surface area contributed by atoms with Gasteiger partial charge in [0.15, 0.2) is 11.0 Å². The highest BCUT2D eigenvalue weighted by Gasteiger charge is 2.21. The van der Waals surface area contributed by atoms with Crippen molar-refractivity contribution in [2.75, 3.05) is 5.32 Å². The number of aromatic amines is 2. The van der Waals surface area contributed by atoms with Crippen LogP contribution in [0, 0.1) is 0 Å². The van der Waals surface area contributed by atoms with Crippen LogP contribution in [0.4, 0.5) is 5.69 Å². The molecule has 2 aromatic carbocycles. The van der Waals surface area contributed by atoms with Crippen molar-refractivity contribution >= 4 is 34.4 Å². The molecule has 1 unspecified atom stereocenters. The van der Waals surface area contributed by atoms with Crippen molar-refractivity contribution in [2.45, 2.75) is 57.0 Å². The number of hydrogen-bond acceptors (Lipinski definition) is 5. The fourth-order valence-electron chi connectivity index (χ4n) is 3.56. The van der Waals surface area contributed by atoms with Crippen LogP contribution in [0.2, 0.25) is 0 Å². The Bertz CT molecular complexity index is 1340. The van der Waals surface area contributed by atoms with Crippen LogP contribution in [0.1, 0.15) is 40.2 Å². The predicted molar refractivity (Wildman–Crippen MR) is 133 cm³/mol. The largest absolute Gasteiger partial charge is 0.325 e. The van der Waals surface area contributed by atoms with E-state index in [1.807, 2.05) is 18.4 Å². The Morgan fingerprint density at radius 2 is 1.79 bits per heavy atom. The zero-order valence-corrected chi connectivity index (χ0v) is 20.2. The van der Waals surface area contributed by atoms with E-state index >= 15 is 0 Å². The first kappa shape index (κ1) is 22.8. The molecule has 4 rings (SSSR count). The molecule has 0 aliphatic carbocycles. The normalized spacial score (nSPS) is 12.8. The van der Waals surface area contributed by atoms with E-state index in [2.05, 4.69) is 70.5 Å². The topological polar surface area (TPSA) is 108 Å². The molecule has 8 nitrogen and oxygen atoms in total. The van der Waals surface area contributed by atoms with Crippen LogP contribution < -0.4 is 11.0 Å². The maximum atomic E-state index is 12.8. The zero-order chi connectivity index (χ0) is 23.8. The Morgan fingerprint density at radius 1 is 1.09 bits per heavy atom. The summed E-state index contributed by atoms with van der Waals surface area (Å²) in [6.07, 6.45) is 0. The number of amides is 1. The van der Waals surface area contributed by atoms with E-state index in [0.29, 0.717) is 28.4 Å². The van der Waals surface area contributed by atoms with Crippen molar-refractivity contribution in [2.24, 2.45) is 0 Å². The zero-order valence-electron chi connectivity index (χ0n) is 19.4.